The Morgan fingerprint density at radius 1 is 1.36 bits per heavy atom. The largest absolute Gasteiger partial charge is 0.380 e. The first-order chi connectivity index (χ1) is 6.65. The van der Waals surface area contributed by atoms with Crippen LogP contribution >= 0.6 is 0 Å². The highest BCUT2D eigenvalue weighted by atomic mass is 16.5. The van der Waals surface area contributed by atoms with Crippen LogP contribution in [0.2, 0.25) is 0 Å². The van der Waals surface area contributed by atoms with Crippen molar-refractivity contribution in [2.45, 2.75) is 26.8 Å². The van der Waals surface area contributed by atoms with Gasteiger partial charge in [-0.15, -0.1) is 0 Å². The maximum absolute atomic E-state index is 6.03. The Balaban J connectivity index is 2.77. The zero-order valence-electron chi connectivity index (χ0n) is 9.21. The Hall–Kier alpha value is -0.860. The van der Waals surface area contributed by atoms with Crippen LogP contribution in [-0.4, -0.2) is 13.2 Å². The Bertz CT molecular complexity index is 296. The summed E-state index contributed by atoms with van der Waals surface area (Å²) in [6.45, 7) is 7.46. The topological polar surface area (TPSA) is 35.2 Å². The number of hydrogen-bond donors (Lipinski definition) is 1. The zero-order valence-corrected chi connectivity index (χ0v) is 9.21. The fourth-order valence-corrected chi connectivity index (χ4v) is 1.49. The molecule has 1 rings (SSSR count). The second kappa shape index (κ2) is 5.13. The summed E-state index contributed by atoms with van der Waals surface area (Å²) in [5, 5.41) is 0. The number of aryl methyl sites for hydroxylation is 2. The highest BCUT2D eigenvalue weighted by Crippen LogP contribution is 2.17. The van der Waals surface area contributed by atoms with Crippen LogP contribution in [0.15, 0.2) is 18.2 Å². The van der Waals surface area contributed by atoms with E-state index in [2.05, 4.69) is 32.0 Å². The molecule has 0 fully saturated rings. The van der Waals surface area contributed by atoms with E-state index in [-0.39, 0.29) is 6.04 Å². The van der Waals surface area contributed by atoms with E-state index in [1.165, 1.54) is 16.7 Å². The summed E-state index contributed by atoms with van der Waals surface area (Å²) in [6.07, 6.45) is 0. The second-order valence-corrected chi connectivity index (χ2v) is 3.63. The molecule has 1 aromatic carbocycles. The first kappa shape index (κ1) is 11.2. The van der Waals surface area contributed by atoms with Crippen LogP contribution in [0.3, 0.4) is 0 Å². The first-order valence-corrected chi connectivity index (χ1v) is 5.05. The summed E-state index contributed by atoms with van der Waals surface area (Å²) in [4.78, 5) is 0. The van der Waals surface area contributed by atoms with E-state index < -0.39 is 0 Å². The summed E-state index contributed by atoms with van der Waals surface area (Å²) in [5.41, 5.74) is 9.71. The average Bonchev–Trinajstić information content (AvgIpc) is 2.18. The number of hydrogen-bond acceptors (Lipinski definition) is 2. The van der Waals surface area contributed by atoms with E-state index >= 15 is 0 Å². The van der Waals surface area contributed by atoms with E-state index in [1.807, 2.05) is 6.92 Å². The van der Waals surface area contributed by atoms with Crippen molar-refractivity contribution >= 4 is 0 Å². The van der Waals surface area contributed by atoms with Gasteiger partial charge in [-0.3, -0.25) is 0 Å². The molecule has 1 aromatic rings. The van der Waals surface area contributed by atoms with E-state index in [1.54, 1.807) is 0 Å². The summed E-state index contributed by atoms with van der Waals surface area (Å²) in [5.74, 6) is 0. The van der Waals surface area contributed by atoms with Crippen molar-refractivity contribution in [3.8, 4) is 0 Å². The highest BCUT2D eigenvalue weighted by molar-refractivity contribution is 5.32. The third kappa shape index (κ3) is 2.82. The van der Waals surface area contributed by atoms with E-state index in [4.69, 9.17) is 10.5 Å². The van der Waals surface area contributed by atoms with Gasteiger partial charge in [0.15, 0.2) is 0 Å². The van der Waals surface area contributed by atoms with Gasteiger partial charge in [-0.05, 0) is 31.9 Å². The normalized spacial score (nSPS) is 12.9. The minimum atomic E-state index is -0.00477. The van der Waals surface area contributed by atoms with Crippen molar-refractivity contribution in [1.82, 2.24) is 0 Å². The van der Waals surface area contributed by atoms with Gasteiger partial charge in [-0.25, -0.2) is 0 Å². The minimum Gasteiger partial charge on any atom is -0.380 e. The van der Waals surface area contributed by atoms with Crippen LogP contribution < -0.4 is 5.73 Å². The van der Waals surface area contributed by atoms with E-state index in [9.17, 15) is 0 Å². The van der Waals surface area contributed by atoms with Gasteiger partial charge in [0.05, 0.1) is 12.6 Å². The molecule has 1 unspecified atom stereocenters. The quantitative estimate of drug-likeness (QED) is 0.796. The SMILES string of the molecule is CCOCC(N)c1cc(C)ccc1C. The lowest BCUT2D eigenvalue weighted by Crippen LogP contribution is -2.18. The van der Waals surface area contributed by atoms with Crippen LogP contribution in [0.1, 0.15) is 29.7 Å². The molecule has 2 nitrogen and oxygen atoms in total. The fourth-order valence-electron chi connectivity index (χ4n) is 1.49. The summed E-state index contributed by atoms with van der Waals surface area (Å²) in [6, 6.07) is 6.34. The fraction of sp³-hybridized carbons (Fsp3) is 0.500. The Kier molecular flexibility index (Phi) is 4.11. The predicted octanol–water partition coefficient (Wildman–Crippen LogP) is 2.34. The zero-order chi connectivity index (χ0) is 10.6. The third-order valence-corrected chi connectivity index (χ3v) is 2.34. The molecule has 0 aliphatic carbocycles. The Morgan fingerprint density at radius 2 is 2.07 bits per heavy atom. The summed E-state index contributed by atoms with van der Waals surface area (Å²) >= 11 is 0. The van der Waals surface area contributed by atoms with Crippen LogP contribution in [0.25, 0.3) is 0 Å². The van der Waals surface area contributed by atoms with Crippen molar-refractivity contribution in [2.75, 3.05) is 13.2 Å². The molecule has 14 heavy (non-hydrogen) atoms. The van der Waals surface area contributed by atoms with Crippen molar-refractivity contribution in [1.29, 1.82) is 0 Å². The predicted molar refractivity (Wildman–Crippen MR) is 59.3 cm³/mol. The summed E-state index contributed by atoms with van der Waals surface area (Å²) in [7, 11) is 0. The number of ether oxygens (including phenoxy) is 1. The van der Waals surface area contributed by atoms with Crippen molar-refractivity contribution in [3.05, 3.63) is 34.9 Å². The molecular weight excluding hydrogens is 174 g/mol. The third-order valence-electron chi connectivity index (χ3n) is 2.34. The van der Waals surface area contributed by atoms with Crippen LogP contribution in [0, 0.1) is 13.8 Å². The van der Waals surface area contributed by atoms with Crippen molar-refractivity contribution in [3.63, 3.8) is 0 Å². The van der Waals surface area contributed by atoms with Gasteiger partial charge in [0.2, 0.25) is 0 Å². The molecule has 0 aliphatic heterocycles. The molecule has 0 saturated heterocycles. The number of nitrogens with two attached hydrogens (primary N) is 1. The monoisotopic (exact) mass is 193 g/mol. The Morgan fingerprint density at radius 3 is 2.71 bits per heavy atom. The van der Waals surface area contributed by atoms with Crippen molar-refractivity contribution < 1.29 is 4.74 Å². The first-order valence-electron chi connectivity index (χ1n) is 5.05. The van der Waals surface area contributed by atoms with Gasteiger partial charge in [-0.2, -0.15) is 0 Å². The summed E-state index contributed by atoms with van der Waals surface area (Å²) < 4.78 is 5.32. The molecule has 0 radical (unpaired) electrons. The van der Waals surface area contributed by atoms with Crippen LogP contribution in [-0.2, 0) is 4.74 Å². The Labute approximate surface area is 86.1 Å². The molecular formula is C12H19NO. The smallest absolute Gasteiger partial charge is 0.0659 e. The van der Waals surface area contributed by atoms with Gasteiger partial charge in [0.25, 0.3) is 0 Å². The van der Waals surface area contributed by atoms with Gasteiger partial charge < -0.3 is 10.5 Å². The molecule has 78 valence electrons. The molecule has 0 spiro atoms. The van der Waals surface area contributed by atoms with Crippen LogP contribution in [0.4, 0.5) is 0 Å². The molecule has 0 amide bonds. The molecule has 0 saturated carbocycles. The molecule has 0 aliphatic rings. The van der Waals surface area contributed by atoms with Gasteiger partial charge in [0, 0.05) is 6.61 Å². The molecule has 0 heterocycles. The molecule has 2 heteroatoms. The number of rotatable bonds is 4. The number of benzene rings is 1. The van der Waals surface area contributed by atoms with E-state index in [0.717, 1.165) is 6.61 Å². The average molecular weight is 193 g/mol. The maximum atomic E-state index is 6.03. The standard InChI is InChI=1S/C12H19NO/c1-4-14-8-12(13)11-7-9(2)5-6-10(11)3/h5-7,12H,4,8,13H2,1-3H3. The molecule has 0 aromatic heterocycles. The molecule has 1 atom stereocenters. The van der Waals surface area contributed by atoms with Gasteiger partial charge >= 0.3 is 0 Å². The lowest BCUT2D eigenvalue weighted by atomic mass is 10.00. The minimum absolute atomic E-state index is 0.00477. The highest BCUT2D eigenvalue weighted by Gasteiger charge is 2.08. The maximum Gasteiger partial charge on any atom is 0.0659 e. The lowest BCUT2D eigenvalue weighted by molar-refractivity contribution is 0.133. The van der Waals surface area contributed by atoms with Crippen molar-refractivity contribution in [2.24, 2.45) is 5.73 Å². The lowest BCUT2D eigenvalue weighted by Gasteiger charge is -2.15. The molecule has 2 N–H and O–H groups in total. The molecule has 0 bridgehead atoms. The second-order valence-electron chi connectivity index (χ2n) is 3.63. The van der Waals surface area contributed by atoms with E-state index in [0.29, 0.717) is 6.61 Å². The van der Waals surface area contributed by atoms with Crippen LogP contribution in [0.5, 0.6) is 0 Å². The van der Waals surface area contributed by atoms with Gasteiger partial charge in [0.1, 0.15) is 0 Å². The van der Waals surface area contributed by atoms with Gasteiger partial charge in [-0.1, -0.05) is 23.8 Å².